The summed E-state index contributed by atoms with van der Waals surface area (Å²) >= 11 is 0. The average Bonchev–Trinajstić information content (AvgIpc) is 3.25. The number of pyridine rings is 1. The first kappa shape index (κ1) is 19.2. The lowest BCUT2D eigenvalue weighted by atomic mass is 10.0. The number of anilines is 1. The van der Waals surface area contributed by atoms with Crippen LogP contribution in [0.5, 0.6) is 0 Å². The molecule has 0 fully saturated rings. The zero-order valence-corrected chi connectivity index (χ0v) is 16.5. The summed E-state index contributed by atoms with van der Waals surface area (Å²) in [5.41, 5.74) is 9.60. The summed E-state index contributed by atoms with van der Waals surface area (Å²) < 4.78 is 15.5. The first-order valence-corrected chi connectivity index (χ1v) is 9.55. The van der Waals surface area contributed by atoms with Gasteiger partial charge in [-0.1, -0.05) is 12.1 Å². The molecule has 0 radical (unpaired) electrons. The highest BCUT2D eigenvalue weighted by Gasteiger charge is 2.21. The van der Waals surface area contributed by atoms with E-state index in [9.17, 15) is 9.65 Å². The Hall–Kier alpha value is -4.78. The van der Waals surface area contributed by atoms with Gasteiger partial charge in [0.2, 0.25) is 5.95 Å². The van der Waals surface area contributed by atoms with E-state index in [2.05, 4.69) is 36.1 Å². The van der Waals surface area contributed by atoms with Crippen molar-refractivity contribution in [3.8, 4) is 28.6 Å². The van der Waals surface area contributed by atoms with Gasteiger partial charge < -0.3 is 5.73 Å². The molecule has 0 atom stereocenters. The Morgan fingerprint density at radius 3 is 2.75 bits per heavy atom. The van der Waals surface area contributed by atoms with E-state index in [1.54, 1.807) is 30.5 Å². The van der Waals surface area contributed by atoms with Gasteiger partial charge in [0.25, 0.3) is 0 Å². The van der Waals surface area contributed by atoms with E-state index in [0.717, 1.165) is 0 Å². The van der Waals surface area contributed by atoms with Crippen LogP contribution >= 0.6 is 0 Å². The summed E-state index contributed by atoms with van der Waals surface area (Å²) in [6.45, 7) is 0. The molecule has 10 heteroatoms. The van der Waals surface area contributed by atoms with Crippen molar-refractivity contribution in [1.82, 2.24) is 34.5 Å². The molecular weight excluding hydrogens is 409 g/mol. The van der Waals surface area contributed by atoms with Crippen molar-refractivity contribution in [3.05, 3.63) is 84.1 Å². The molecule has 0 bridgehead atoms. The summed E-state index contributed by atoms with van der Waals surface area (Å²) in [5, 5.41) is 13.7. The molecule has 5 aromatic rings. The third kappa shape index (κ3) is 3.37. The maximum Gasteiger partial charge on any atom is 0.223 e. The molecule has 0 amide bonds. The van der Waals surface area contributed by atoms with Gasteiger partial charge >= 0.3 is 0 Å². The topological polar surface area (TPSA) is 132 Å². The molecule has 4 aromatic heterocycles. The lowest BCUT2D eigenvalue weighted by Crippen LogP contribution is -2.06. The minimum atomic E-state index is -0.442. The van der Waals surface area contributed by atoms with Crippen LogP contribution in [0.4, 0.5) is 10.3 Å². The molecule has 9 nitrogen and oxygen atoms in total. The predicted molar refractivity (Wildman–Crippen MR) is 113 cm³/mol. The van der Waals surface area contributed by atoms with Crippen LogP contribution in [-0.2, 0) is 6.42 Å². The quantitative estimate of drug-likeness (QED) is 0.467. The number of nitrogen functional groups attached to an aromatic ring is 1. The molecule has 2 N–H and O–H groups in total. The van der Waals surface area contributed by atoms with Crippen LogP contribution in [0.2, 0.25) is 0 Å². The van der Waals surface area contributed by atoms with Gasteiger partial charge in [-0.2, -0.15) is 9.78 Å². The van der Waals surface area contributed by atoms with Crippen molar-refractivity contribution in [2.24, 2.45) is 0 Å². The summed E-state index contributed by atoms with van der Waals surface area (Å²) in [4.78, 5) is 21.6. The van der Waals surface area contributed by atoms with E-state index in [-0.39, 0.29) is 18.1 Å². The number of rotatable bonds is 4. The Bertz CT molecular complexity index is 1490. The first-order valence-electron chi connectivity index (χ1n) is 9.55. The van der Waals surface area contributed by atoms with Gasteiger partial charge in [-0.05, 0) is 30.3 Å². The first-order chi connectivity index (χ1) is 15.6. The zero-order valence-electron chi connectivity index (χ0n) is 16.5. The van der Waals surface area contributed by atoms with E-state index in [1.165, 1.54) is 29.2 Å². The molecule has 5 rings (SSSR count). The van der Waals surface area contributed by atoms with Gasteiger partial charge in [0.1, 0.15) is 12.1 Å². The van der Waals surface area contributed by atoms with E-state index < -0.39 is 5.82 Å². The van der Waals surface area contributed by atoms with Crippen molar-refractivity contribution in [2.75, 3.05) is 5.73 Å². The van der Waals surface area contributed by atoms with Crippen LogP contribution in [0.15, 0.2) is 61.2 Å². The summed E-state index contributed by atoms with van der Waals surface area (Å²) in [5.74, 6) is -0.0211. The summed E-state index contributed by atoms with van der Waals surface area (Å²) in [6.07, 6.45) is 4.61. The monoisotopic (exact) mass is 423 g/mol. The second-order valence-electron chi connectivity index (χ2n) is 6.85. The van der Waals surface area contributed by atoms with Crippen molar-refractivity contribution >= 4 is 11.6 Å². The number of halogens is 1. The number of nitriles is 1. The van der Waals surface area contributed by atoms with Crippen LogP contribution in [0.1, 0.15) is 17.1 Å². The fourth-order valence-electron chi connectivity index (χ4n) is 3.39. The van der Waals surface area contributed by atoms with E-state index in [4.69, 9.17) is 5.73 Å². The molecule has 4 heterocycles. The lowest BCUT2D eigenvalue weighted by molar-refractivity contribution is 0.601. The number of fused-ring (bicyclic) bond motifs is 1. The predicted octanol–water partition coefficient (Wildman–Crippen LogP) is 2.83. The third-order valence-corrected chi connectivity index (χ3v) is 4.82. The molecule has 0 aliphatic carbocycles. The third-order valence-electron chi connectivity index (χ3n) is 4.82. The Kier molecular flexibility index (Phi) is 4.68. The average molecular weight is 423 g/mol. The van der Waals surface area contributed by atoms with Gasteiger partial charge in [-0.25, -0.2) is 24.3 Å². The molecule has 0 saturated carbocycles. The summed E-state index contributed by atoms with van der Waals surface area (Å²) in [6, 6.07) is 13.7. The Labute approximate surface area is 181 Å². The van der Waals surface area contributed by atoms with E-state index in [0.29, 0.717) is 39.5 Å². The highest BCUT2D eigenvalue weighted by molar-refractivity contribution is 5.89. The standard InChI is InChI=1S/C22H14FN9/c23-15-5-2-7-27-17(15)10-18-29-21-19(16-6-8-26-12-28-16)20(30-22(25)32(21)31-18)14-4-1-3-13(9-14)11-24/h1-9,12H,10H2,(H2,25,30). The fraction of sp³-hybridized carbons (Fsp3) is 0.0455. The van der Waals surface area contributed by atoms with Gasteiger partial charge in [-0.15, -0.1) is 5.10 Å². The zero-order chi connectivity index (χ0) is 22.1. The van der Waals surface area contributed by atoms with Crippen molar-refractivity contribution in [3.63, 3.8) is 0 Å². The van der Waals surface area contributed by atoms with Gasteiger partial charge in [-0.3, -0.25) is 4.98 Å². The molecule has 0 aliphatic heterocycles. The van der Waals surface area contributed by atoms with Crippen LogP contribution < -0.4 is 5.73 Å². The number of nitrogens with zero attached hydrogens (tertiary/aromatic N) is 8. The van der Waals surface area contributed by atoms with Crippen molar-refractivity contribution in [1.29, 1.82) is 5.26 Å². The van der Waals surface area contributed by atoms with E-state index in [1.807, 2.05) is 6.07 Å². The molecule has 0 saturated heterocycles. The number of nitrogens with two attached hydrogens (primary N) is 1. The number of hydrogen-bond donors (Lipinski definition) is 1. The lowest BCUT2D eigenvalue weighted by Gasteiger charge is -2.11. The minimum Gasteiger partial charge on any atom is -0.368 e. The largest absolute Gasteiger partial charge is 0.368 e. The second kappa shape index (κ2) is 7.81. The highest BCUT2D eigenvalue weighted by atomic mass is 19.1. The smallest absolute Gasteiger partial charge is 0.223 e. The molecule has 0 aliphatic rings. The van der Waals surface area contributed by atoms with Crippen molar-refractivity contribution < 1.29 is 4.39 Å². The van der Waals surface area contributed by atoms with Gasteiger partial charge in [0, 0.05) is 18.0 Å². The number of aromatic nitrogens is 7. The Balaban J connectivity index is 1.76. The van der Waals surface area contributed by atoms with Crippen LogP contribution in [-0.4, -0.2) is 34.5 Å². The normalized spacial score (nSPS) is 10.9. The maximum atomic E-state index is 14.1. The van der Waals surface area contributed by atoms with Crippen molar-refractivity contribution in [2.45, 2.75) is 6.42 Å². The van der Waals surface area contributed by atoms with Gasteiger partial charge in [0.05, 0.1) is 40.7 Å². The summed E-state index contributed by atoms with van der Waals surface area (Å²) in [7, 11) is 0. The molecule has 32 heavy (non-hydrogen) atoms. The molecular formula is C22H14FN9. The minimum absolute atomic E-state index is 0.0796. The van der Waals surface area contributed by atoms with Gasteiger partial charge in [0.15, 0.2) is 11.5 Å². The molecule has 1 aromatic carbocycles. The second-order valence-corrected chi connectivity index (χ2v) is 6.85. The van der Waals surface area contributed by atoms with Crippen LogP contribution in [0.25, 0.3) is 28.2 Å². The number of benzene rings is 1. The molecule has 0 unspecified atom stereocenters. The van der Waals surface area contributed by atoms with Crippen LogP contribution in [0.3, 0.4) is 0 Å². The van der Waals surface area contributed by atoms with E-state index >= 15 is 0 Å². The molecule has 154 valence electrons. The SMILES string of the molecule is N#Cc1cccc(-c2nc(N)n3nc(Cc4ncccc4F)nc3c2-c2ccncn2)c1. The maximum absolute atomic E-state index is 14.1. The fourth-order valence-corrected chi connectivity index (χ4v) is 3.39. The van der Waals surface area contributed by atoms with Crippen LogP contribution in [0, 0.1) is 17.1 Å². The Morgan fingerprint density at radius 2 is 1.97 bits per heavy atom. The highest BCUT2D eigenvalue weighted by Crippen LogP contribution is 2.34. The Morgan fingerprint density at radius 1 is 1.06 bits per heavy atom. The number of hydrogen-bond acceptors (Lipinski definition) is 8. The molecule has 0 spiro atoms.